The van der Waals surface area contributed by atoms with Crippen LogP contribution in [0.3, 0.4) is 0 Å². The minimum Gasteiger partial charge on any atom is -0.494 e. The fourth-order valence-electron chi connectivity index (χ4n) is 11.8. The summed E-state index contributed by atoms with van der Waals surface area (Å²) in [6, 6.07) is 25.7. The summed E-state index contributed by atoms with van der Waals surface area (Å²) in [6.45, 7) is 18.7. The van der Waals surface area contributed by atoms with Crippen LogP contribution >= 0.6 is 11.3 Å². The Morgan fingerprint density at radius 2 is 1.56 bits per heavy atom. The maximum atomic E-state index is 14.3. The Labute approximate surface area is 502 Å². The van der Waals surface area contributed by atoms with Crippen molar-refractivity contribution in [2.24, 2.45) is 5.92 Å². The van der Waals surface area contributed by atoms with Crippen LogP contribution in [0.1, 0.15) is 113 Å². The average Bonchev–Trinajstić information content (AvgIpc) is 2.44. The summed E-state index contributed by atoms with van der Waals surface area (Å²) in [7, 11) is 0. The highest BCUT2D eigenvalue weighted by molar-refractivity contribution is 7.13. The number of aryl methyl sites for hydroxylation is 3. The van der Waals surface area contributed by atoms with E-state index in [4.69, 9.17) is 23.7 Å². The number of hydrogen-bond donors (Lipinski definition) is 4. The zero-order valence-corrected chi connectivity index (χ0v) is 50.8. The van der Waals surface area contributed by atoms with Gasteiger partial charge < -0.3 is 59.1 Å². The number of ether oxygens (including phenoxy) is 5. The smallest absolute Gasteiger partial charge is 0.255 e. The van der Waals surface area contributed by atoms with Crippen molar-refractivity contribution >= 4 is 40.7 Å². The number of aromatic nitrogens is 2. The Balaban J connectivity index is 0.722. The number of amides is 4. The molecule has 2 saturated heterocycles. The van der Waals surface area contributed by atoms with E-state index in [0.717, 1.165) is 98.9 Å². The van der Waals surface area contributed by atoms with Gasteiger partial charge in [-0.2, -0.15) is 0 Å². The third-order valence-electron chi connectivity index (χ3n) is 16.3. The van der Waals surface area contributed by atoms with Crippen LogP contribution in [0.15, 0.2) is 95.2 Å². The molecule has 0 bridgehead atoms. The van der Waals surface area contributed by atoms with Crippen LogP contribution in [-0.4, -0.2) is 139 Å². The monoisotopic (exact) mass is 1180 g/mol. The highest BCUT2D eigenvalue weighted by atomic mass is 32.1. The molecule has 85 heavy (non-hydrogen) atoms. The number of aromatic amines is 1. The van der Waals surface area contributed by atoms with Gasteiger partial charge >= 0.3 is 0 Å². The molecule has 0 spiro atoms. The topological polar surface area (TPSA) is 214 Å². The number of β-amino-alcohol motifs (C(OH)–C–C–N with tert-alkyl or cyclic N) is 1. The third kappa shape index (κ3) is 15.2. The van der Waals surface area contributed by atoms with E-state index in [1.165, 1.54) is 16.2 Å². The number of hydrogen-bond acceptors (Lipinski definition) is 14. The first-order chi connectivity index (χ1) is 41.1. The summed E-state index contributed by atoms with van der Waals surface area (Å²) in [5, 5.41) is 16.9. The van der Waals surface area contributed by atoms with E-state index in [1.54, 1.807) is 16.5 Å². The number of fused-ring (bicyclic) bond motifs is 1. The van der Waals surface area contributed by atoms with E-state index in [1.807, 2.05) is 114 Å². The minimum absolute atomic E-state index is 0.00625. The molecule has 9 rings (SSSR count). The standard InChI is InChI=1S/C66H81N7O11S/c1-8-71(51-21-25-81-26-22-51)57-33-50(32-55(44(57)6)62(75)68-37-56-42(4)31-43(5)70-63(56)76)46-17-19-53(20-18-46)83-24-12-11-23-80-27-28-82-29-30-84-59-34-47(61-45(7)69-40-85-61)15-16-48(59)36-67-64(77)58-35-52(74)39-72(58)66(79)60(41(2)3)73-38-49-13-9-10-14-54(49)65(73)78/h9-10,13-20,31-34,40-41,51-52,58,60,74H,8,11-12,21-30,35-39H2,1-7H3,(H,67,77)(H,68,75)(H,70,76)/t52-,58?,60+/m1/s1. The van der Waals surface area contributed by atoms with Gasteiger partial charge in [0.15, 0.2) is 0 Å². The van der Waals surface area contributed by atoms with Crippen LogP contribution in [-0.2, 0) is 43.4 Å². The first kappa shape index (κ1) is 62.1. The molecule has 5 heterocycles. The van der Waals surface area contributed by atoms with E-state index in [9.17, 15) is 29.1 Å². The van der Waals surface area contributed by atoms with Crippen LogP contribution in [0, 0.1) is 33.6 Å². The Hall–Kier alpha value is -7.42. The molecular formula is C66H81N7O11S. The number of unbranched alkanes of at least 4 members (excludes halogenated alkanes) is 1. The molecule has 0 saturated carbocycles. The predicted octanol–water partition coefficient (Wildman–Crippen LogP) is 8.86. The highest BCUT2D eigenvalue weighted by Gasteiger charge is 2.46. The second-order valence-electron chi connectivity index (χ2n) is 22.6. The van der Waals surface area contributed by atoms with Gasteiger partial charge in [0.25, 0.3) is 17.4 Å². The Kier molecular flexibility index (Phi) is 21.3. The van der Waals surface area contributed by atoms with E-state index >= 15 is 0 Å². The molecule has 3 aliphatic rings. The van der Waals surface area contributed by atoms with Crippen molar-refractivity contribution in [3.05, 3.63) is 151 Å². The molecular weight excluding hydrogens is 1100 g/mol. The molecule has 4 N–H and O–H groups in total. The van der Waals surface area contributed by atoms with E-state index < -0.39 is 24.1 Å². The molecule has 3 atom stereocenters. The maximum absolute atomic E-state index is 14.3. The zero-order valence-electron chi connectivity index (χ0n) is 50.0. The third-order valence-corrected chi connectivity index (χ3v) is 17.3. The van der Waals surface area contributed by atoms with Crippen LogP contribution in [0.5, 0.6) is 11.5 Å². The average molecular weight is 1180 g/mol. The van der Waals surface area contributed by atoms with E-state index in [2.05, 4.69) is 38.5 Å². The van der Waals surface area contributed by atoms with Crippen LogP contribution in [0.2, 0.25) is 0 Å². The Morgan fingerprint density at radius 1 is 0.835 bits per heavy atom. The number of carbonyl (C=O) groups is 4. The molecule has 2 fully saturated rings. The molecule has 0 aliphatic carbocycles. The maximum Gasteiger partial charge on any atom is 0.255 e. The van der Waals surface area contributed by atoms with Gasteiger partial charge in [-0.3, -0.25) is 24.0 Å². The quantitative estimate of drug-likeness (QED) is 0.0355. The van der Waals surface area contributed by atoms with Gasteiger partial charge in [0, 0.05) is 98.6 Å². The van der Waals surface area contributed by atoms with Crippen molar-refractivity contribution < 1.29 is 48.0 Å². The van der Waals surface area contributed by atoms with Gasteiger partial charge in [-0.15, -0.1) is 11.3 Å². The molecule has 452 valence electrons. The number of thiazole rings is 1. The molecule has 0 radical (unpaired) electrons. The first-order valence-electron chi connectivity index (χ1n) is 29.8. The van der Waals surface area contributed by atoms with Crippen molar-refractivity contribution in [1.29, 1.82) is 0 Å². The van der Waals surface area contributed by atoms with Crippen LogP contribution in [0.4, 0.5) is 5.69 Å². The molecule has 6 aromatic rings. The largest absolute Gasteiger partial charge is 0.494 e. The lowest BCUT2D eigenvalue weighted by Crippen LogP contribution is -2.55. The second kappa shape index (κ2) is 29.1. The second-order valence-corrected chi connectivity index (χ2v) is 23.4. The van der Waals surface area contributed by atoms with E-state index in [0.29, 0.717) is 75.2 Å². The number of rotatable bonds is 27. The van der Waals surface area contributed by atoms with Gasteiger partial charge in [-0.25, -0.2) is 4.98 Å². The number of carbonyl (C=O) groups excluding carboxylic acids is 4. The lowest BCUT2D eigenvalue weighted by molar-refractivity contribution is -0.143. The molecule has 19 heteroatoms. The number of anilines is 1. The van der Waals surface area contributed by atoms with Crippen molar-refractivity contribution in [2.45, 2.75) is 124 Å². The lowest BCUT2D eigenvalue weighted by atomic mass is 9.95. The Bertz CT molecular complexity index is 3360. The summed E-state index contributed by atoms with van der Waals surface area (Å²) < 4.78 is 29.9. The number of nitrogens with zero attached hydrogens (tertiary/aromatic N) is 4. The number of H-pyrrole nitrogens is 1. The van der Waals surface area contributed by atoms with Crippen LogP contribution in [0.25, 0.3) is 21.6 Å². The Morgan fingerprint density at radius 3 is 2.28 bits per heavy atom. The van der Waals surface area contributed by atoms with Gasteiger partial charge in [0.1, 0.15) is 30.2 Å². The zero-order chi connectivity index (χ0) is 60.1. The molecule has 2 aromatic heterocycles. The minimum atomic E-state index is -0.919. The van der Waals surface area contributed by atoms with Crippen molar-refractivity contribution in [3.63, 3.8) is 0 Å². The lowest BCUT2D eigenvalue weighted by Gasteiger charge is -2.37. The van der Waals surface area contributed by atoms with Gasteiger partial charge in [-0.1, -0.05) is 56.3 Å². The molecule has 4 aromatic carbocycles. The fourth-order valence-corrected chi connectivity index (χ4v) is 12.6. The number of pyridine rings is 1. The molecule has 18 nitrogen and oxygen atoms in total. The van der Waals surface area contributed by atoms with Crippen LogP contribution < -0.4 is 30.6 Å². The number of benzene rings is 4. The number of aliphatic hydroxyl groups excluding tert-OH is 1. The highest BCUT2D eigenvalue weighted by Crippen LogP contribution is 2.36. The molecule has 4 amide bonds. The van der Waals surface area contributed by atoms with Crippen molar-refractivity contribution in [3.8, 4) is 33.1 Å². The SMILES string of the molecule is CCN(c1cc(-c2ccc(OCCCCOCCOCCOc3cc(-c4scnc4C)ccc3CNC(=O)C3C[C@@H](O)CN3C(=O)[C@H](C(C)C)N3Cc4ccccc4C3=O)cc2)cc(C(=O)NCc2c(C)cc(C)[nH]c2=O)c1C)C1CCOCC1. The predicted molar refractivity (Wildman–Crippen MR) is 328 cm³/mol. The summed E-state index contributed by atoms with van der Waals surface area (Å²) in [5.41, 5.74) is 12.1. The number of aliphatic hydroxyl groups is 1. The van der Waals surface area contributed by atoms with Crippen molar-refractivity contribution in [1.82, 2.24) is 30.4 Å². The summed E-state index contributed by atoms with van der Waals surface area (Å²) >= 11 is 1.53. The summed E-state index contributed by atoms with van der Waals surface area (Å²) in [5.74, 6) is -0.132. The molecule has 3 aliphatic heterocycles. The normalized spacial score (nSPS) is 16.4. The fraction of sp³-hybridized carbons (Fsp3) is 0.455. The van der Waals surface area contributed by atoms with E-state index in [-0.39, 0.29) is 67.9 Å². The van der Waals surface area contributed by atoms with Gasteiger partial charge in [0.05, 0.1) is 48.6 Å². The van der Waals surface area contributed by atoms with Gasteiger partial charge in [-0.05, 0) is 142 Å². The molecule has 1 unspecified atom stereocenters. The number of likely N-dealkylation sites (tertiary alicyclic amines) is 1. The summed E-state index contributed by atoms with van der Waals surface area (Å²) in [4.78, 5) is 82.3. The summed E-state index contributed by atoms with van der Waals surface area (Å²) in [6.07, 6.45) is 2.60. The van der Waals surface area contributed by atoms with Crippen molar-refractivity contribution in [2.75, 3.05) is 70.8 Å². The van der Waals surface area contributed by atoms with Gasteiger partial charge in [0.2, 0.25) is 11.8 Å². The number of nitrogens with one attached hydrogen (secondary N) is 3. The first-order valence-corrected chi connectivity index (χ1v) is 30.6.